The van der Waals surface area contributed by atoms with Gasteiger partial charge in [0.2, 0.25) is 0 Å². The number of carbonyl (C=O) groups excluding carboxylic acids is 2. The molecule has 0 bridgehead atoms. The van der Waals surface area contributed by atoms with Crippen molar-refractivity contribution in [1.29, 1.82) is 0 Å². The number of carboxylic acid groups (broad SMARTS) is 1. The SMILES string of the molecule is CCCCCCCCCC(CCC)C(OC(C)=O)C(=O)[O-]. The van der Waals surface area contributed by atoms with Gasteiger partial charge in [0, 0.05) is 12.8 Å². The van der Waals surface area contributed by atoms with E-state index < -0.39 is 18.0 Å². The number of aliphatic carboxylic acids is 1. The summed E-state index contributed by atoms with van der Waals surface area (Å²) in [5.74, 6) is -1.95. The van der Waals surface area contributed by atoms with Crippen molar-refractivity contribution < 1.29 is 19.4 Å². The first-order valence-electron chi connectivity index (χ1n) is 8.40. The van der Waals surface area contributed by atoms with Gasteiger partial charge in [-0.15, -0.1) is 0 Å². The van der Waals surface area contributed by atoms with Crippen LogP contribution in [0.5, 0.6) is 0 Å². The van der Waals surface area contributed by atoms with Crippen LogP contribution < -0.4 is 5.11 Å². The highest BCUT2D eigenvalue weighted by atomic mass is 16.6. The molecule has 21 heavy (non-hydrogen) atoms. The van der Waals surface area contributed by atoms with Crippen molar-refractivity contribution in [3.8, 4) is 0 Å². The van der Waals surface area contributed by atoms with E-state index in [2.05, 4.69) is 6.92 Å². The lowest BCUT2D eigenvalue weighted by atomic mass is 9.90. The normalized spacial score (nSPS) is 13.7. The first-order valence-corrected chi connectivity index (χ1v) is 8.40. The fourth-order valence-electron chi connectivity index (χ4n) is 2.70. The number of hydrogen-bond donors (Lipinski definition) is 0. The molecule has 0 heterocycles. The molecule has 0 spiro atoms. The van der Waals surface area contributed by atoms with Crippen molar-refractivity contribution in [2.75, 3.05) is 0 Å². The van der Waals surface area contributed by atoms with Gasteiger partial charge in [0.05, 0.1) is 5.97 Å². The molecule has 0 saturated carbocycles. The summed E-state index contributed by atoms with van der Waals surface area (Å²) in [5, 5.41) is 11.2. The summed E-state index contributed by atoms with van der Waals surface area (Å²) in [5.41, 5.74) is 0. The molecule has 2 atom stereocenters. The minimum atomic E-state index is -1.27. The van der Waals surface area contributed by atoms with Crippen LogP contribution in [0.15, 0.2) is 0 Å². The number of hydrogen-bond acceptors (Lipinski definition) is 4. The van der Waals surface area contributed by atoms with Gasteiger partial charge < -0.3 is 14.6 Å². The second-order valence-electron chi connectivity index (χ2n) is 5.81. The standard InChI is InChI=1S/C17H32O4/c1-4-6-7-8-9-10-11-13-15(12-5-2)16(17(19)20)21-14(3)18/h15-16H,4-13H2,1-3H3,(H,19,20)/p-1. The third kappa shape index (κ3) is 10.3. The summed E-state index contributed by atoms with van der Waals surface area (Å²) in [4.78, 5) is 22.2. The van der Waals surface area contributed by atoms with E-state index >= 15 is 0 Å². The third-order valence-corrected chi connectivity index (χ3v) is 3.79. The topological polar surface area (TPSA) is 66.4 Å². The van der Waals surface area contributed by atoms with E-state index in [1.807, 2.05) is 6.92 Å². The molecule has 0 rings (SSSR count). The monoisotopic (exact) mass is 299 g/mol. The maximum absolute atomic E-state index is 11.2. The number of ether oxygens (including phenoxy) is 1. The molecule has 0 N–H and O–H groups in total. The van der Waals surface area contributed by atoms with E-state index in [4.69, 9.17) is 4.74 Å². The molecule has 4 nitrogen and oxygen atoms in total. The zero-order chi connectivity index (χ0) is 16.1. The number of unbranched alkanes of at least 4 members (excludes halogenated alkanes) is 6. The van der Waals surface area contributed by atoms with E-state index in [1.54, 1.807) is 0 Å². The summed E-state index contributed by atoms with van der Waals surface area (Å²) >= 11 is 0. The lowest BCUT2D eigenvalue weighted by molar-refractivity contribution is -0.318. The fourth-order valence-corrected chi connectivity index (χ4v) is 2.70. The Hall–Kier alpha value is -1.06. The quantitative estimate of drug-likeness (QED) is 0.387. The Bertz CT molecular complexity index is 289. The van der Waals surface area contributed by atoms with Gasteiger partial charge in [-0.3, -0.25) is 4.79 Å². The molecule has 0 saturated heterocycles. The first kappa shape index (κ1) is 19.9. The van der Waals surface area contributed by atoms with Crippen molar-refractivity contribution in [1.82, 2.24) is 0 Å². The molecule has 0 aromatic carbocycles. The van der Waals surface area contributed by atoms with Crippen LogP contribution in [-0.2, 0) is 14.3 Å². The highest BCUT2D eigenvalue weighted by Crippen LogP contribution is 2.22. The molecule has 0 radical (unpaired) electrons. The Kier molecular flexibility index (Phi) is 12.0. The molecule has 2 unspecified atom stereocenters. The predicted octanol–water partition coefficient (Wildman–Crippen LogP) is 3.23. The summed E-state index contributed by atoms with van der Waals surface area (Å²) in [6, 6.07) is 0. The molecular formula is C17H31O4-. The minimum Gasteiger partial charge on any atom is -0.546 e. The second-order valence-corrected chi connectivity index (χ2v) is 5.81. The smallest absolute Gasteiger partial charge is 0.303 e. The van der Waals surface area contributed by atoms with Gasteiger partial charge in [0.25, 0.3) is 0 Å². The number of rotatable bonds is 13. The molecule has 0 fully saturated rings. The molecule has 0 aliphatic heterocycles. The maximum atomic E-state index is 11.2. The number of carboxylic acids is 1. The van der Waals surface area contributed by atoms with Crippen LogP contribution in [0.2, 0.25) is 0 Å². The third-order valence-electron chi connectivity index (χ3n) is 3.79. The average Bonchev–Trinajstić information content (AvgIpc) is 2.42. The van der Waals surface area contributed by atoms with E-state index in [9.17, 15) is 14.7 Å². The summed E-state index contributed by atoms with van der Waals surface area (Å²) in [6.07, 6.45) is 9.69. The zero-order valence-corrected chi connectivity index (χ0v) is 13.9. The lowest BCUT2D eigenvalue weighted by Crippen LogP contribution is -2.43. The van der Waals surface area contributed by atoms with Crippen LogP contribution in [0.1, 0.15) is 85.0 Å². The van der Waals surface area contributed by atoms with E-state index in [0.717, 1.165) is 32.1 Å². The molecule has 4 heteroatoms. The summed E-state index contributed by atoms with van der Waals surface area (Å²) in [6.45, 7) is 5.45. The van der Waals surface area contributed by atoms with Crippen molar-refractivity contribution in [3.63, 3.8) is 0 Å². The van der Waals surface area contributed by atoms with Gasteiger partial charge >= 0.3 is 5.97 Å². The van der Waals surface area contributed by atoms with E-state index in [0.29, 0.717) is 0 Å². The largest absolute Gasteiger partial charge is 0.546 e. The van der Waals surface area contributed by atoms with Crippen molar-refractivity contribution in [3.05, 3.63) is 0 Å². The second kappa shape index (κ2) is 12.7. The van der Waals surface area contributed by atoms with Gasteiger partial charge in [-0.1, -0.05) is 65.2 Å². The number of carbonyl (C=O) groups is 2. The fraction of sp³-hybridized carbons (Fsp3) is 0.882. The minimum absolute atomic E-state index is 0.125. The van der Waals surface area contributed by atoms with Crippen LogP contribution in [0.4, 0.5) is 0 Å². The van der Waals surface area contributed by atoms with E-state index in [-0.39, 0.29) is 5.92 Å². The van der Waals surface area contributed by atoms with Gasteiger partial charge in [-0.2, -0.15) is 0 Å². The number of esters is 1. The van der Waals surface area contributed by atoms with Crippen molar-refractivity contribution >= 4 is 11.9 Å². The average molecular weight is 299 g/mol. The Balaban J connectivity index is 4.14. The highest BCUT2D eigenvalue weighted by molar-refractivity contribution is 5.75. The molecule has 0 amide bonds. The molecule has 124 valence electrons. The van der Waals surface area contributed by atoms with Crippen LogP contribution in [-0.4, -0.2) is 18.0 Å². The lowest BCUT2D eigenvalue weighted by Gasteiger charge is -2.27. The zero-order valence-electron chi connectivity index (χ0n) is 13.9. The van der Waals surface area contributed by atoms with Gasteiger partial charge in [0.1, 0.15) is 6.10 Å². The molecule has 0 aromatic heterocycles. The molecule has 0 aliphatic rings. The first-order chi connectivity index (χ1) is 10.0. The van der Waals surface area contributed by atoms with E-state index in [1.165, 1.54) is 39.0 Å². The van der Waals surface area contributed by atoms with Gasteiger partial charge in [-0.05, 0) is 12.8 Å². The predicted molar refractivity (Wildman–Crippen MR) is 81.6 cm³/mol. The molecule has 0 aliphatic carbocycles. The summed E-state index contributed by atoms with van der Waals surface area (Å²) < 4.78 is 4.94. The van der Waals surface area contributed by atoms with Gasteiger partial charge in [0.15, 0.2) is 0 Å². The Morgan fingerprint density at radius 3 is 1.95 bits per heavy atom. The van der Waals surface area contributed by atoms with Crippen LogP contribution in [0.25, 0.3) is 0 Å². The Morgan fingerprint density at radius 2 is 1.48 bits per heavy atom. The van der Waals surface area contributed by atoms with Crippen molar-refractivity contribution in [2.45, 2.75) is 91.1 Å². The Labute approximate surface area is 129 Å². The van der Waals surface area contributed by atoms with Crippen LogP contribution in [0.3, 0.4) is 0 Å². The van der Waals surface area contributed by atoms with Crippen LogP contribution in [0, 0.1) is 5.92 Å². The highest BCUT2D eigenvalue weighted by Gasteiger charge is 2.24. The maximum Gasteiger partial charge on any atom is 0.303 e. The van der Waals surface area contributed by atoms with Gasteiger partial charge in [-0.25, -0.2) is 0 Å². The summed E-state index contributed by atoms with van der Waals surface area (Å²) in [7, 11) is 0. The van der Waals surface area contributed by atoms with Crippen molar-refractivity contribution in [2.24, 2.45) is 5.92 Å². The molecular weight excluding hydrogens is 268 g/mol. The molecule has 0 aromatic rings. The van der Waals surface area contributed by atoms with Crippen LogP contribution >= 0.6 is 0 Å². The Morgan fingerprint density at radius 1 is 0.905 bits per heavy atom.